The zero-order chi connectivity index (χ0) is 15.1. The second-order valence-electron chi connectivity index (χ2n) is 5.01. The number of nitrogens with zero attached hydrogens (tertiary/aromatic N) is 2. The lowest BCUT2D eigenvalue weighted by Gasteiger charge is -2.22. The SMILES string of the molecule is Cc1ccc(CC(=O)N(CCO)Cc2ccccc2)cn1. The van der Waals surface area contributed by atoms with Gasteiger partial charge >= 0.3 is 0 Å². The Kier molecular flexibility index (Phi) is 5.46. The predicted octanol–water partition coefficient (Wildman–Crippen LogP) is 1.95. The summed E-state index contributed by atoms with van der Waals surface area (Å²) in [6, 6.07) is 13.6. The van der Waals surface area contributed by atoms with Gasteiger partial charge in [0.25, 0.3) is 0 Å². The van der Waals surface area contributed by atoms with Crippen LogP contribution in [0.3, 0.4) is 0 Å². The van der Waals surface area contributed by atoms with Crippen molar-refractivity contribution in [3.05, 3.63) is 65.5 Å². The number of aromatic nitrogens is 1. The number of aliphatic hydroxyl groups is 1. The summed E-state index contributed by atoms with van der Waals surface area (Å²) in [5.74, 6) is -0.00134. The van der Waals surface area contributed by atoms with Crippen LogP contribution >= 0.6 is 0 Å². The number of aryl methyl sites for hydroxylation is 1. The molecule has 110 valence electrons. The first-order valence-corrected chi connectivity index (χ1v) is 7.03. The minimum atomic E-state index is -0.0370. The number of amides is 1. The van der Waals surface area contributed by atoms with Crippen molar-refractivity contribution in [2.75, 3.05) is 13.2 Å². The van der Waals surface area contributed by atoms with E-state index in [1.54, 1.807) is 11.1 Å². The van der Waals surface area contributed by atoms with E-state index < -0.39 is 0 Å². The fourth-order valence-electron chi connectivity index (χ4n) is 2.11. The number of pyridine rings is 1. The molecule has 1 amide bonds. The molecule has 21 heavy (non-hydrogen) atoms. The topological polar surface area (TPSA) is 53.4 Å². The maximum atomic E-state index is 12.4. The Morgan fingerprint density at radius 2 is 1.90 bits per heavy atom. The van der Waals surface area contributed by atoms with E-state index in [9.17, 15) is 4.79 Å². The minimum absolute atomic E-state index is 0.00134. The third kappa shape index (κ3) is 4.68. The quantitative estimate of drug-likeness (QED) is 0.882. The van der Waals surface area contributed by atoms with Gasteiger partial charge in [0.15, 0.2) is 0 Å². The first kappa shape index (κ1) is 15.2. The van der Waals surface area contributed by atoms with Crippen molar-refractivity contribution in [3.8, 4) is 0 Å². The Morgan fingerprint density at radius 1 is 1.14 bits per heavy atom. The average Bonchev–Trinajstić information content (AvgIpc) is 2.50. The van der Waals surface area contributed by atoms with Gasteiger partial charge in [-0.1, -0.05) is 36.4 Å². The normalized spacial score (nSPS) is 10.4. The van der Waals surface area contributed by atoms with Crippen molar-refractivity contribution >= 4 is 5.91 Å². The monoisotopic (exact) mass is 284 g/mol. The molecule has 0 radical (unpaired) electrons. The third-order valence-electron chi connectivity index (χ3n) is 3.27. The fourth-order valence-corrected chi connectivity index (χ4v) is 2.11. The molecule has 0 spiro atoms. The van der Waals surface area contributed by atoms with Crippen molar-refractivity contribution in [1.82, 2.24) is 9.88 Å². The molecular formula is C17H20N2O2. The number of carbonyl (C=O) groups is 1. The van der Waals surface area contributed by atoms with Gasteiger partial charge in [-0.15, -0.1) is 0 Å². The molecule has 0 bridgehead atoms. The average molecular weight is 284 g/mol. The summed E-state index contributed by atoms with van der Waals surface area (Å²) in [5, 5.41) is 9.16. The smallest absolute Gasteiger partial charge is 0.227 e. The summed E-state index contributed by atoms with van der Waals surface area (Å²) in [6.45, 7) is 2.73. The fraction of sp³-hybridized carbons (Fsp3) is 0.294. The maximum absolute atomic E-state index is 12.4. The first-order chi connectivity index (χ1) is 10.2. The van der Waals surface area contributed by atoms with Gasteiger partial charge in [0.05, 0.1) is 13.0 Å². The Bertz CT molecular complexity index is 567. The predicted molar refractivity (Wildman–Crippen MR) is 81.6 cm³/mol. The third-order valence-corrected chi connectivity index (χ3v) is 3.27. The molecule has 1 heterocycles. The molecule has 4 heteroatoms. The van der Waals surface area contributed by atoms with Crippen molar-refractivity contribution in [3.63, 3.8) is 0 Å². The molecule has 1 aromatic carbocycles. The number of hydrogen-bond donors (Lipinski definition) is 1. The zero-order valence-electron chi connectivity index (χ0n) is 12.2. The highest BCUT2D eigenvalue weighted by Crippen LogP contribution is 2.08. The lowest BCUT2D eigenvalue weighted by Crippen LogP contribution is -2.34. The molecule has 1 aromatic heterocycles. The van der Waals surface area contributed by atoms with Gasteiger partial charge in [0.2, 0.25) is 5.91 Å². The van der Waals surface area contributed by atoms with Crippen molar-refractivity contribution < 1.29 is 9.90 Å². The molecular weight excluding hydrogens is 264 g/mol. The summed E-state index contributed by atoms with van der Waals surface area (Å²) in [4.78, 5) is 18.3. The van der Waals surface area contributed by atoms with Crippen LogP contribution in [0.15, 0.2) is 48.7 Å². The lowest BCUT2D eigenvalue weighted by atomic mass is 10.1. The summed E-state index contributed by atoms with van der Waals surface area (Å²) < 4.78 is 0. The summed E-state index contributed by atoms with van der Waals surface area (Å²) in [6.07, 6.45) is 2.03. The Balaban J connectivity index is 2.03. The minimum Gasteiger partial charge on any atom is -0.395 e. The molecule has 1 N–H and O–H groups in total. The van der Waals surface area contributed by atoms with E-state index in [-0.39, 0.29) is 12.5 Å². The molecule has 0 unspecified atom stereocenters. The molecule has 0 saturated heterocycles. The van der Waals surface area contributed by atoms with E-state index in [0.29, 0.717) is 19.5 Å². The van der Waals surface area contributed by atoms with Crippen LogP contribution in [-0.2, 0) is 17.8 Å². The first-order valence-electron chi connectivity index (χ1n) is 7.03. The van der Waals surface area contributed by atoms with Crippen LogP contribution in [0.1, 0.15) is 16.8 Å². The van der Waals surface area contributed by atoms with Crippen LogP contribution in [-0.4, -0.2) is 34.0 Å². The number of hydrogen-bond acceptors (Lipinski definition) is 3. The van der Waals surface area contributed by atoms with Crippen molar-refractivity contribution in [2.45, 2.75) is 19.9 Å². The molecule has 0 aliphatic carbocycles. The highest BCUT2D eigenvalue weighted by Gasteiger charge is 2.14. The standard InChI is InChI=1S/C17H20N2O2/c1-14-7-8-16(12-18-14)11-17(21)19(9-10-20)13-15-5-3-2-4-6-15/h2-8,12,20H,9-11,13H2,1H3. The van der Waals surface area contributed by atoms with Gasteiger partial charge in [-0.05, 0) is 24.1 Å². The molecule has 4 nitrogen and oxygen atoms in total. The van der Waals surface area contributed by atoms with E-state index in [0.717, 1.165) is 16.8 Å². The van der Waals surface area contributed by atoms with Gasteiger partial charge in [-0.2, -0.15) is 0 Å². The lowest BCUT2D eigenvalue weighted by molar-refractivity contribution is -0.131. The van der Waals surface area contributed by atoms with Crippen LogP contribution in [0.4, 0.5) is 0 Å². The molecule has 0 aliphatic rings. The van der Waals surface area contributed by atoms with E-state index in [1.807, 2.05) is 49.4 Å². The van der Waals surface area contributed by atoms with Crippen LogP contribution < -0.4 is 0 Å². The molecule has 2 rings (SSSR count). The molecule has 0 atom stereocenters. The molecule has 0 fully saturated rings. The van der Waals surface area contributed by atoms with E-state index >= 15 is 0 Å². The summed E-state index contributed by atoms with van der Waals surface area (Å²) in [5.41, 5.74) is 2.88. The largest absolute Gasteiger partial charge is 0.395 e. The highest BCUT2D eigenvalue weighted by atomic mass is 16.3. The summed E-state index contributed by atoms with van der Waals surface area (Å²) in [7, 11) is 0. The van der Waals surface area contributed by atoms with E-state index in [4.69, 9.17) is 5.11 Å². The maximum Gasteiger partial charge on any atom is 0.227 e. The second-order valence-corrected chi connectivity index (χ2v) is 5.01. The number of carbonyl (C=O) groups excluding carboxylic acids is 1. The van der Waals surface area contributed by atoms with Crippen LogP contribution in [0.25, 0.3) is 0 Å². The zero-order valence-corrected chi connectivity index (χ0v) is 12.2. The number of benzene rings is 1. The van der Waals surface area contributed by atoms with Gasteiger partial charge in [-0.3, -0.25) is 9.78 Å². The van der Waals surface area contributed by atoms with E-state index in [1.165, 1.54) is 0 Å². The van der Waals surface area contributed by atoms with Crippen LogP contribution in [0.2, 0.25) is 0 Å². The van der Waals surface area contributed by atoms with Gasteiger partial charge in [0, 0.05) is 25.0 Å². The van der Waals surface area contributed by atoms with Gasteiger partial charge in [0.1, 0.15) is 0 Å². The molecule has 2 aromatic rings. The Labute approximate surface area is 125 Å². The molecule has 0 aliphatic heterocycles. The van der Waals surface area contributed by atoms with E-state index in [2.05, 4.69) is 4.98 Å². The van der Waals surface area contributed by atoms with Crippen LogP contribution in [0, 0.1) is 6.92 Å². The van der Waals surface area contributed by atoms with Gasteiger partial charge < -0.3 is 10.0 Å². The number of rotatable bonds is 6. The Morgan fingerprint density at radius 3 is 2.52 bits per heavy atom. The van der Waals surface area contributed by atoms with Crippen molar-refractivity contribution in [1.29, 1.82) is 0 Å². The van der Waals surface area contributed by atoms with Crippen molar-refractivity contribution in [2.24, 2.45) is 0 Å². The second kappa shape index (κ2) is 7.55. The van der Waals surface area contributed by atoms with Gasteiger partial charge in [-0.25, -0.2) is 0 Å². The number of aliphatic hydroxyl groups excluding tert-OH is 1. The Hall–Kier alpha value is -2.20. The molecule has 0 saturated carbocycles. The summed E-state index contributed by atoms with van der Waals surface area (Å²) >= 11 is 0. The highest BCUT2D eigenvalue weighted by molar-refractivity contribution is 5.78. The van der Waals surface area contributed by atoms with Crippen LogP contribution in [0.5, 0.6) is 0 Å².